The van der Waals surface area contributed by atoms with Crippen molar-refractivity contribution in [2.45, 2.75) is 67.0 Å². The molecule has 1 N–H and O–H groups in total. The van der Waals surface area contributed by atoms with Crippen molar-refractivity contribution in [1.29, 1.82) is 0 Å². The second-order valence-corrected chi connectivity index (χ2v) is 12.9. The molecule has 0 fully saturated rings. The molecule has 0 aliphatic carbocycles. The Bertz CT molecular complexity index is 814. The summed E-state index contributed by atoms with van der Waals surface area (Å²) in [4.78, 5) is 2.50. The first kappa shape index (κ1) is 28.3. The molecule has 1 unspecified atom stereocenters. The van der Waals surface area contributed by atoms with Crippen LogP contribution >= 0.6 is 0 Å². The van der Waals surface area contributed by atoms with Crippen LogP contribution in [0.3, 0.4) is 0 Å². The van der Waals surface area contributed by atoms with E-state index in [0.29, 0.717) is 4.35 Å². The SMILES string of the molecule is C=C(C)C.CCCN(CCC)c1cccc(C)c1C.Cc1cccc([As](C)(=O)O)c1. The van der Waals surface area contributed by atoms with Crippen LogP contribution in [-0.2, 0) is 3.74 Å². The summed E-state index contributed by atoms with van der Waals surface area (Å²) in [5, 5.41) is 0. The quantitative estimate of drug-likeness (QED) is 0.399. The molecule has 2 rings (SSSR count). The number of aryl methyl sites for hydroxylation is 2. The monoisotopic (exact) mass is 475 g/mol. The summed E-state index contributed by atoms with van der Waals surface area (Å²) in [6.07, 6.45) is 2.43. The fraction of sp³-hybridized carbons (Fsp3) is 0.462. The molecule has 2 aromatic carbocycles. The molecule has 0 spiro atoms. The molecule has 168 valence electrons. The molecule has 0 radical (unpaired) electrons. The van der Waals surface area contributed by atoms with Gasteiger partial charge >= 0.3 is 68.5 Å². The van der Waals surface area contributed by atoms with E-state index in [1.807, 2.05) is 26.8 Å². The minimum absolute atomic E-state index is 0.586. The van der Waals surface area contributed by atoms with E-state index in [-0.39, 0.29) is 0 Å². The molecule has 0 saturated carbocycles. The van der Waals surface area contributed by atoms with Crippen LogP contribution in [0.2, 0.25) is 5.71 Å². The molecule has 0 amide bonds. The van der Waals surface area contributed by atoms with E-state index in [0.717, 1.165) is 18.7 Å². The van der Waals surface area contributed by atoms with Gasteiger partial charge in [0.15, 0.2) is 0 Å². The van der Waals surface area contributed by atoms with E-state index in [1.54, 1.807) is 18.2 Å². The third-order valence-corrected chi connectivity index (χ3v) is 6.98. The molecule has 1 atom stereocenters. The number of nitrogens with zero attached hydrogens (tertiary/aromatic N) is 1. The maximum absolute atomic E-state index is 11.2. The molecule has 0 aliphatic heterocycles. The zero-order valence-corrected chi connectivity index (χ0v) is 22.2. The zero-order chi connectivity index (χ0) is 23.3. The van der Waals surface area contributed by atoms with Gasteiger partial charge in [-0.1, -0.05) is 31.6 Å². The second kappa shape index (κ2) is 14.3. The Balaban J connectivity index is 0.000000491. The zero-order valence-electron chi connectivity index (χ0n) is 20.3. The number of hydrogen-bond donors (Lipinski definition) is 1. The predicted molar refractivity (Wildman–Crippen MR) is 135 cm³/mol. The molecule has 0 aromatic heterocycles. The summed E-state index contributed by atoms with van der Waals surface area (Å²) in [6.45, 7) is 20.6. The van der Waals surface area contributed by atoms with Crippen molar-refractivity contribution in [2.24, 2.45) is 0 Å². The second-order valence-electron chi connectivity index (χ2n) is 8.13. The van der Waals surface area contributed by atoms with Gasteiger partial charge in [-0.25, -0.2) is 0 Å². The molecule has 0 saturated heterocycles. The summed E-state index contributed by atoms with van der Waals surface area (Å²) in [7, 11) is 0. The summed E-state index contributed by atoms with van der Waals surface area (Å²) in [5.74, 6) is 0. The fourth-order valence-electron chi connectivity index (χ4n) is 2.86. The van der Waals surface area contributed by atoms with Gasteiger partial charge in [-0.05, 0) is 57.7 Å². The Kier molecular flexibility index (Phi) is 13.5. The van der Waals surface area contributed by atoms with Crippen LogP contribution in [0.15, 0.2) is 54.6 Å². The molecule has 30 heavy (non-hydrogen) atoms. The summed E-state index contributed by atoms with van der Waals surface area (Å²) in [5.41, 5.74) is 7.84. The summed E-state index contributed by atoms with van der Waals surface area (Å²) >= 11 is -3.63. The van der Waals surface area contributed by atoms with Crippen LogP contribution < -0.4 is 9.25 Å². The van der Waals surface area contributed by atoms with Crippen molar-refractivity contribution in [3.63, 3.8) is 0 Å². The van der Waals surface area contributed by atoms with Gasteiger partial charge in [0.05, 0.1) is 0 Å². The van der Waals surface area contributed by atoms with Crippen LogP contribution in [0, 0.1) is 20.8 Å². The Hall–Kier alpha value is -1.70. The van der Waals surface area contributed by atoms with Crippen LogP contribution in [0.4, 0.5) is 5.69 Å². The number of rotatable bonds is 6. The molecule has 2 aromatic rings. The van der Waals surface area contributed by atoms with E-state index in [9.17, 15) is 7.84 Å². The number of hydrogen-bond acceptors (Lipinski definition) is 2. The van der Waals surface area contributed by atoms with Crippen LogP contribution in [0.1, 0.15) is 57.2 Å². The molecule has 4 heteroatoms. The fourth-order valence-corrected chi connectivity index (χ4v) is 4.55. The number of allylic oxidation sites excluding steroid dienone is 1. The maximum atomic E-state index is 11.2. The average Bonchev–Trinajstić information content (AvgIpc) is 2.63. The van der Waals surface area contributed by atoms with Crippen molar-refractivity contribution in [3.05, 3.63) is 71.3 Å². The molecular weight excluding hydrogens is 433 g/mol. The van der Waals surface area contributed by atoms with Gasteiger partial charge in [-0.2, -0.15) is 0 Å². The summed E-state index contributed by atoms with van der Waals surface area (Å²) < 4.78 is 21.0. The topological polar surface area (TPSA) is 40.5 Å². The normalized spacial score (nSPS) is 11.9. The van der Waals surface area contributed by atoms with Gasteiger partial charge in [0.1, 0.15) is 0 Å². The van der Waals surface area contributed by atoms with Gasteiger partial charge in [-0.3, -0.25) is 0 Å². The minimum atomic E-state index is -3.63. The van der Waals surface area contributed by atoms with Gasteiger partial charge in [0, 0.05) is 18.8 Å². The van der Waals surface area contributed by atoms with E-state index < -0.39 is 13.8 Å². The molecular formula is C26H42AsNO2. The summed E-state index contributed by atoms with van der Waals surface area (Å²) in [6, 6.07) is 13.8. The van der Waals surface area contributed by atoms with Gasteiger partial charge in [-0.15, -0.1) is 6.58 Å². The van der Waals surface area contributed by atoms with Gasteiger partial charge in [0.25, 0.3) is 0 Å². The first-order valence-corrected chi connectivity index (χ1v) is 15.2. The molecule has 0 bridgehead atoms. The van der Waals surface area contributed by atoms with Crippen molar-refractivity contribution < 1.29 is 7.84 Å². The number of benzene rings is 2. The molecule has 0 heterocycles. The van der Waals surface area contributed by atoms with Crippen molar-refractivity contribution >= 4 is 23.9 Å². The van der Waals surface area contributed by atoms with Gasteiger partial charge in [0.2, 0.25) is 0 Å². The van der Waals surface area contributed by atoms with Crippen molar-refractivity contribution in [1.82, 2.24) is 0 Å². The average molecular weight is 476 g/mol. The van der Waals surface area contributed by atoms with Crippen LogP contribution in [0.25, 0.3) is 0 Å². The Labute approximate surface area is 187 Å². The third kappa shape index (κ3) is 11.5. The molecule has 0 aliphatic rings. The van der Waals surface area contributed by atoms with E-state index in [2.05, 4.69) is 57.4 Å². The Morgan fingerprint density at radius 1 is 1.00 bits per heavy atom. The standard InChI is InChI=1S/C14H23N.C8H11AsO2.C4H8/c1-5-10-15(11-6-2)14-9-7-8-12(3)13(14)4;1-7-4-3-5-8(6-7)9(2,10)11;1-4(2)3/h7-9H,5-6,10-11H2,1-4H3;3-6H,1-2H3,(H,10,11);1H2,2-3H3. The Morgan fingerprint density at radius 2 is 1.50 bits per heavy atom. The first-order valence-electron chi connectivity index (χ1n) is 10.7. The van der Waals surface area contributed by atoms with E-state index in [4.69, 9.17) is 0 Å². The third-order valence-electron chi connectivity index (χ3n) is 4.38. The van der Waals surface area contributed by atoms with Crippen molar-refractivity contribution in [2.75, 3.05) is 18.0 Å². The van der Waals surface area contributed by atoms with Crippen molar-refractivity contribution in [3.8, 4) is 0 Å². The Morgan fingerprint density at radius 3 is 1.90 bits per heavy atom. The predicted octanol–water partition coefficient (Wildman–Crippen LogP) is 6.21. The van der Waals surface area contributed by atoms with Crippen LogP contribution in [0.5, 0.6) is 0 Å². The van der Waals surface area contributed by atoms with Crippen LogP contribution in [-0.4, -0.2) is 31.0 Å². The first-order chi connectivity index (χ1) is 13.9. The molecule has 3 nitrogen and oxygen atoms in total. The van der Waals surface area contributed by atoms with E-state index >= 15 is 0 Å². The number of anilines is 1. The van der Waals surface area contributed by atoms with Gasteiger partial charge < -0.3 is 4.90 Å². The van der Waals surface area contributed by atoms with E-state index in [1.165, 1.54) is 40.9 Å².